The van der Waals surface area contributed by atoms with Crippen LogP contribution in [0.3, 0.4) is 0 Å². The first-order valence-electron chi connectivity index (χ1n) is 5.60. The third kappa shape index (κ3) is 3.75. The Morgan fingerprint density at radius 1 is 1.24 bits per heavy atom. The molecule has 0 saturated carbocycles. The summed E-state index contributed by atoms with van der Waals surface area (Å²) in [5, 5.41) is 9.90. The molecule has 0 aliphatic heterocycles. The van der Waals surface area contributed by atoms with Crippen LogP contribution in [0.1, 0.15) is 38.9 Å². The molecule has 0 aliphatic rings. The fraction of sp³-hybridized carbons (Fsp3) is 0.538. The van der Waals surface area contributed by atoms with Crippen molar-refractivity contribution in [3.05, 3.63) is 35.4 Å². The molecule has 3 N–H and O–H groups in total. The highest BCUT2D eigenvalue weighted by molar-refractivity contribution is 5.20. The molecular formula is C13H19F2NO. The van der Waals surface area contributed by atoms with Crippen molar-refractivity contribution in [3.8, 4) is 0 Å². The Balaban J connectivity index is 2.76. The van der Waals surface area contributed by atoms with Crippen LogP contribution in [0.2, 0.25) is 0 Å². The van der Waals surface area contributed by atoms with Crippen LogP contribution >= 0.6 is 0 Å². The predicted octanol–water partition coefficient (Wildman–Crippen LogP) is 2.76. The molecule has 2 atom stereocenters. The number of nitrogens with two attached hydrogens (primary N) is 1. The summed E-state index contributed by atoms with van der Waals surface area (Å²) >= 11 is 0. The van der Waals surface area contributed by atoms with Gasteiger partial charge in [0.05, 0.1) is 6.10 Å². The number of aliphatic hydroxyl groups excluding tert-OH is 1. The van der Waals surface area contributed by atoms with Gasteiger partial charge in [0.25, 0.3) is 0 Å². The quantitative estimate of drug-likeness (QED) is 0.857. The lowest BCUT2D eigenvalue weighted by Crippen LogP contribution is -2.36. The monoisotopic (exact) mass is 243 g/mol. The highest BCUT2D eigenvalue weighted by Gasteiger charge is 2.24. The predicted molar refractivity (Wildman–Crippen MR) is 63.4 cm³/mol. The first-order valence-corrected chi connectivity index (χ1v) is 5.60. The van der Waals surface area contributed by atoms with Gasteiger partial charge in [0.15, 0.2) is 11.6 Å². The van der Waals surface area contributed by atoms with Gasteiger partial charge in [0.1, 0.15) is 0 Å². The van der Waals surface area contributed by atoms with Crippen molar-refractivity contribution < 1.29 is 13.9 Å². The van der Waals surface area contributed by atoms with E-state index in [1.807, 2.05) is 20.8 Å². The van der Waals surface area contributed by atoms with Gasteiger partial charge in [-0.2, -0.15) is 0 Å². The van der Waals surface area contributed by atoms with E-state index in [1.54, 1.807) is 0 Å². The first kappa shape index (κ1) is 14.1. The van der Waals surface area contributed by atoms with Gasteiger partial charge in [-0.15, -0.1) is 0 Å². The third-order valence-corrected chi connectivity index (χ3v) is 2.92. The zero-order valence-corrected chi connectivity index (χ0v) is 10.4. The summed E-state index contributed by atoms with van der Waals surface area (Å²) < 4.78 is 25.7. The van der Waals surface area contributed by atoms with E-state index in [4.69, 9.17) is 5.73 Å². The van der Waals surface area contributed by atoms with E-state index in [0.29, 0.717) is 12.0 Å². The normalized spacial score (nSPS) is 15.7. The minimum Gasteiger partial charge on any atom is -0.388 e. The number of aliphatic hydroxyl groups is 1. The fourth-order valence-electron chi connectivity index (χ4n) is 1.45. The Morgan fingerprint density at radius 2 is 1.82 bits per heavy atom. The van der Waals surface area contributed by atoms with Crippen molar-refractivity contribution in [2.45, 2.75) is 39.3 Å². The van der Waals surface area contributed by atoms with Crippen molar-refractivity contribution in [2.75, 3.05) is 0 Å². The molecule has 0 heterocycles. The van der Waals surface area contributed by atoms with Crippen molar-refractivity contribution in [2.24, 2.45) is 11.1 Å². The third-order valence-electron chi connectivity index (χ3n) is 2.92. The lowest BCUT2D eigenvalue weighted by molar-refractivity contribution is 0.133. The SMILES string of the molecule is CC(C)(C)[C@@H](N)C[C@H](O)c1ccc(F)c(F)c1. The maximum atomic E-state index is 13.0. The highest BCUT2D eigenvalue weighted by Crippen LogP contribution is 2.27. The topological polar surface area (TPSA) is 46.2 Å². The smallest absolute Gasteiger partial charge is 0.159 e. The van der Waals surface area contributed by atoms with Crippen molar-refractivity contribution >= 4 is 0 Å². The fourth-order valence-corrected chi connectivity index (χ4v) is 1.45. The molecule has 0 aromatic heterocycles. The van der Waals surface area contributed by atoms with Gasteiger partial charge in [0, 0.05) is 6.04 Å². The second-order valence-electron chi connectivity index (χ2n) is 5.40. The summed E-state index contributed by atoms with van der Waals surface area (Å²) in [6.45, 7) is 5.90. The minimum absolute atomic E-state index is 0.139. The lowest BCUT2D eigenvalue weighted by atomic mass is 9.83. The van der Waals surface area contributed by atoms with Gasteiger partial charge in [-0.05, 0) is 29.5 Å². The standard InChI is InChI=1S/C13H19F2NO/c1-13(2,3)12(16)7-11(17)8-4-5-9(14)10(15)6-8/h4-6,11-12,17H,7,16H2,1-3H3/t11-,12-/m0/s1. The molecule has 0 amide bonds. The molecule has 1 aromatic rings. The van der Waals surface area contributed by atoms with E-state index in [1.165, 1.54) is 6.07 Å². The van der Waals surface area contributed by atoms with Gasteiger partial charge in [-0.1, -0.05) is 26.8 Å². The zero-order valence-electron chi connectivity index (χ0n) is 10.4. The molecule has 1 aromatic carbocycles. The van der Waals surface area contributed by atoms with Gasteiger partial charge in [-0.3, -0.25) is 0 Å². The molecule has 0 aliphatic carbocycles. The van der Waals surface area contributed by atoms with Gasteiger partial charge in [0.2, 0.25) is 0 Å². The second kappa shape index (κ2) is 5.10. The average molecular weight is 243 g/mol. The van der Waals surface area contributed by atoms with Crippen molar-refractivity contribution in [1.82, 2.24) is 0 Å². The van der Waals surface area contributed by atoms with E-state index in [2.05, 4.69) is 0 Å². The Labute approximate surface area is 100 Å². The van der Waals surface area contributed by atoms with E-state index in [-0.39, 0.29) is 11.5 Å². The summed E-state index contributed by atoms with van der Waals surface area (Å²) in [5.41, 5.74) is 6.14. The van der Waals surface area contributed by atoms with Gasteiger partial charge >= 0.3 is 0 Å². The van der Waals surface area contributed by atoms with Crippen LogP contribution in [0.25, 0.3) is 0 Å². The van der Waals surface area contributed by atoms with Gasteiger partial charge in [-0.25, -0.2) is 8.78 Å². The van der Waals surface area contributed by atoms with Crippen LogP contribution in [0.5, 0.6) is 0 Å². The Kier molecular flexibility index (Phi) is 4.22. The molecule has 0 bridgehead atoms. The van der Waals surface area contributed by atoms with E-state index < -0.39 is 17.7 Å². The highest BCUT2D eigenvalue weighted by atomic mass is 19.2. The summed E-state index contributed by atoms with van der Waals surface area (Å²) in [7, 11) is 0. The summed E-state index contributed by atoms with van der Waals surface area (Å²) in [6.07, 6.45) is -0.562. The van der Waals surface area contributed by atoms with Crippen molar-refractivity contribution in [3.63, 3.8) is 0 Å². The van der Waals surface area contributed by atoms with Crippen LogP contribution in [0.4, 0.5) is 8.78 Å². The molecule has 0 unspecified atom stereocenters. The molecule has 17 heavy (non-hydrogen) atoms. The maximum absolute atomic E-state index is 13.0. The van der Waals surface area contributed by atoms with Crippen molar-refractivity contribution in [1.29, 1.82) is 0 Å². The Bertz CT molecular complexity index is 387. The zero-order chi connectivity index (χ0) is 13.2. The molecule has 0 saturated heterocycles. The minimum atomic E-state index is -0.953. The number of hydrogen-bond acceptors (Lipinski definition) is 2. The van der Waals surface area contributed by atoms with Gasteiger partial charge < -0.3 is 10.8 Å². The molecule has 1 rings (SSSR count). The van der Waals surface area contributed by atoms with Crippen LogP contribution in [-0.2, 0) is 0 Å². The molecule has 0 spiro atoms. The number of benzene rings is 1. The molecular weight excluding hydrogens is 224 g/mol. The van der Waals surface area contributed by atoms with Crippen LogP contribution in [-0.4, -0.2) is 11.1 Å². The second-order valence-corrected chi connectivity index (χ2v) is 5.40. The molecule has 0 radical (unpaired) electrons. The maximum Gasteiger partial charge on any atom is 0.159 e. The largest absolute Gasteiger partial charge is 0.388 e. The van der Waals surface area contributed by atoms with E-state index in [0.717, 1.165) is 12.1 Å². The molecule has 96 valence electrons. The van der Waals surface area contributed by atoms with E-state index in [9.17, 15) is 13.9 Å². The van der Waals surface area contributed by atoms with Crippen LogP contribution in [0.15, 0.2) is 18.2 Å². The Morgan fingerprint density at radius 3 is 2.29 bits per heavy atom. The molecule has 2 nitrogen and oxygen atoms in total. The molecule has 4 heteroatoms. The lowest BCUT2D eigenvalue weighted by Gasteiger charge is -2.29. The van der Waals surface area contributed by atoms with Crippen LogP contribution in [0, 0.1) is 17.0 Å². The summed E-state index contributed by atoms with van der Waals surface area (Å²) in [4.78, 5) is 0. The average Bonchev–Trinajstić information content (AvgIpc) is 2.20. The summed E-state index contributed by atoms with van der Waals surface area (Å²) in [5.74, 6) is -1.87. The summed E-state index contributed by atoms with van der Waals surface area (Å²) in [6, 6.07) is 3.18. The number of rotatable bonds is 3. The van der Waals surface area contributed by atoms with Crippen LogP contribution < -0.4 is 5.73 Å². The molecule has 0 fully saturated rings. The van der Waals surface area contributed by atoms with E-state index >= 15 is 0 Å². The number of hydrogen-bond donors (Lipinski definition) is 2. The first-order chi connectivity index (χ1) is 7.71. The number of halogens is 2. The Hall–Kier alpha value is -1.00.